The molecule has 0 spiro atoms. The molecule has 4 atom stereocenters. The van der Waals surface area contributed by atoms with Crippen LogP contribution in [0.5, 0.6) is 0 Å². The van der Waals surface area contributed by atoms with Crippen LogP contribution in [0.25, 0.3) is 0 Å². The Morgan fingerprint density at radius 1 is 0.958 bits per heavy atom. The molecule has 0 aromatic carbocycles. The molecule has 8 heteroatoms. The van der Waals surface area contributed by atoms with Crippen LogP contribution >= 0.6 is 0 Å². The van der Waals surface area contributed by atoms with Gasteiger partial charge in [0.25, 0.3) is 0 Å². The summed E-state index contributed by atoms with van der Waals surface area (Å²) in [5.74, 6) is -0.457. The fraction of sp³-hybridized carbons (Fsp3) is 0.938. The number of esters is 1. The Balaban J connectivity index is 3.01. The first kappa shape index (κ1) is 22.0. The minimum Gasteiger partial charge on any atom is -0.457 e. The van der Waals surface area contributed by atoms with Crippen LogP contribution in [0.1, 0.15) is 6.92 Å². The number of rotatable bonds is 8. The number of ether oxygens (including phenoxy) is 1. The number of hydrogen-bond donors (Lipinski definition) is 0. The van der Waals surface area contributed by atoms with E-state index >= 15 is 0 Å². The van der Waals surface area contributed by atoms with Gasteiger partial charge in [0.05, 0.1) is 18.6 Å². The zero-order valence-electron chi connectivity index (χ0n) is 17.1. The smallest absolute Gasteiger partial charge is 0.311 e. The molecule has 1 aliphatic rings. The molecule has 1 saturated heterocycles. The molecule has 0 amide bonds. The highest BCUT2D eigenvalue weighted by atomic mass is 28.4. The molecule has 0 N–H and O–H groups in total. The molecule has 0 aliphatic carbocycles. The van der Waals surface area contributed by atoms with Crippen molar-refractivity contribution >= 4 is 30.9 Å². The molecule has 5 nitrogen and oxygen atoms in total. The number of carbonyl (C=O) groups excluding carboxylic acids is 1. The summed E-state index contributed by atoms with van der Waals surface area (Å²) >= 11 is 0. The maximum Gasteiger partial charge on any atom is 0.311 e. The lowest BCUT2D eigenvalue weighted by atomic mass is 10.0. The molecule has 1 heterocycles. The lowest BCUT2D eigenvalue weighted by molar-refractivity contribution is -0.148. The Bertz CT molecular complexity index is 436. The van der Waals surface area contributed by atoms with E-state index in [1.54, 1.807) is 0 Å². The van der Waals surface area contributed by atoms with Crippen LogP contribution in [0.3, 0.4) is 0 Å². The fourth-order valence-corrected chi connectivity index (χ4v) is 5.50. The van der Waals surface area contributed by atoms with Crippen LogP contribution in [0.15, 0.2) is 0 Å². The van der Waals surface area contributed by atoms with Crippen LogP contribution < -0.4 is 0 Å². The monoisotopic (exact) mass is 392 g/mol. The first-order chi connectivity index (χ1) is 10.6. The highest BCUT2D eigenvalue weighted by Gasteiger charge is 2.49. The summed E-state index contributed by atoms with van der Waals surface area (Å²) in [5.41, 5.74) is 0. The molecular formula is C16H36O5Si3. The molecular weight excluding hydrogens is 356 g/mol. The Labute approximate surface area is 150 Å². The minimum atomic E-state index is -1.82. The summed E-state index contributed by atoms with van der Waals surface area (Å²) in [4.78, 5) is 12.2. The third-order valence-electron chi connectivity index (χ3n) is 3.48. The molecule has 0 bridgehead atoms. The van der Waals surface area contributed by atoms with Gasteiger partial charge < -0.3 is 18.0 Å². The van der Waals surface area contributed by atoms with Crippen molar-refractivity contribution < 1.29 is 22.8 Å². The van der Waals surface area contributed by atoms with E-state index in [0.717, 1.165) is 0 Å². The minimum absolute atomic E-state index is 0.194. The van der Waals surface area contributed by atoms with Crippen molar-refractivity contribution in [2.24, 2.45) is 5.92 Å². The van der Waals surface area contributed by atoms with Gasteiger partial charge >= 0.3 is 5.97 Å². The van der Waals surface area contributed by atoms with Gasteiger partial charge in [-0.15, -0.1) is 0 Å². The number of carbonyl (C=O) groups is 1. The van der Waals surface area contributed by atoms with E-state index in [4.69, 9.17) is 18.0 Å². The second-order valence-corrected chi connectivity index (χ2v) is 23.0. The predicted molar refractivity (Wildman–Crippen MR) is 105 cm³/mol. The van der Waals surface area contributed by atoms with Crippen molar-refractivity contribution in [3.63, 3.8) is 0 Å². The van der Waals surface area contributed by atoms with Gasteiger partial charge in [0, 0.05) is 0 Å². The topological polar surface area (TPSA) is 54.0 Å². The van der Waals surface area contributed by atoms with Crippen molar-refractivity contribution in [3.8, 4) is 0 Å². The van der Waals surface area contributed by atoms with Crippen LogP contribution in [-0.4, -0.2) is 55.8 Å². The van der Waals surface area contributed by atoms with Gasteiger partial charge in [0.2, 0.25) is 0 Å². The van der Waals surface area contributed by atoms with Crippen LogP contribution in [0, 0.1) is 5.92 Å². The zero-order valence-corrected chi connectivity index (χ0v) is 20.1. The van der Waals surface area contributed by atoms with Gasteiger partial charge in [0.15, 0.2) is 31.1 Å². The van der Waals surface area contributed by atoms with Gasteiger partial charge in [-0.2, -0.15) is 0 Å². The van der Waals surface area contributed by atoms with Gasteiger partial charge in [-0.1, -0.05) is 0 Å². The van der Waals surface area contributed by atoms with E-state index in [1.807, 2.05) is 6.92 Å². The fourth-order valence-electron chi connectivity index (χ4n) is 2.57. The molecule has 0 radical (unpaired) electrons. The number of hydrogen-bond acceptors (Lipinski definition) is 5. The van der Waals surface area contributed by atoms with Gasteiger partial charge in [-0.05, 0) is 65.8 Å². The van der Waals surface area contributed by atoms with E-state index in [9.17, 15) is 4.79 Å². The predicted octanol–water partition coefficient (Wildman–Crippen LogP) is 3.84. The van der Waals surface area contributed by atoms with Gasteiger partial charge in [0.1, 0.15) is 6.10 Å². The molecule has 1 unspecified atom stereocenters. The third-order valence-corrected chi connectivity index (χ3v) is 6.50. The summed E-state index contributed by atoms with van der Waals surface area (Å²) in [6.45, 7) is 21.6. The number of cyclic esters (lactones) is 1. The first-order valence-electron chi connectivity index (χ1n) is 8.79. The van der Waals surface area contributed by atoms with Gasteiger partial charge in [-0.3, -0.25) is 4.79 Å². The average Bonchev–Trinajstić information content (AvgIpc) is 2.58. The molecule has 24 heavy (non-hydrogen) atoms. The maximum absolute atomic E-state index is 12.2. The Morgan fingerprint density at radius 3 is 1.92 bits per heavy atom. The van der Waals surface area contributed by atoms with Crippen molar-refractivity contribution in [1.29, 1.82) is 0 Å². The zero-order chi connectivity index (χ0) is 18.9. The molecule has 1 aliphatic heterocycles. The highest BCUT2D eigenvalue weighted by Crippen LogP contribution is 2.32. The van der Waals surface area contributed by atoms with Crippen molar-refractivity contribution in [2.45, 2.75) is 84.2 Å². The largest absolute Gasteiger partial charge is 0.457 e. The Hall–Kier alpha value is 0.000649. The molecule has 0 saturated carbocycles. The molecule has 0 aromatic rings. The highest BCUT2D eigenvalue weighted by molar-refractivity contribution is 6.70. The summed E-state index contributed by atoms with van der Waals surface area (Å²) in [6, 6.07) is 0. The Morgan fingerprint density at radius 2 is 1.50 bits per heavy atom. The second kappa shape index (κ2) is 7.71. The molecule has 0 aromatic heterocycles. The van der Waals surface area contributed by atoms with E-state index < -0.39 is 25.0 Å². The first-order valence-corrected chi connectivity index (χ1v) is 19.0. The maximum atomic E-state index is 12.2. The average molecular weight is 393 g/mol. The molecule has 1 rings (SSSR count). The van der Waals surface area contributed by atoms with Gasteiger partial charge in [-0.25, -0.2) is 0 Å². The Kier molecular flexibility index (Phi) is 7.08. The van der Waals surface area contributed by atoms with E-state index in [0.29, 0.717) is 6.61 Å². The summed E-state index contributed by atoms with van der Waals surface area (Å²) in [7, 11) is -5.31. The molecule has 1 fully saturated rings. The standard InChI is InChI=1S/C16H36O5Si3/c1-12-14(21-24(8,9)10)15(19-16(12)17)13(20-23(5,6)7)11-18-22(2,3)4/h12-15H,11H2,1-10H3/t12-,13-,14?,15-/m1/s1. The van der Waals surface area contributed by atoms with E-state index in [1.165, 1.54) is 0 Å². The summed E-state index contributed by atoms with van der Waals surface area (Å²) < 4.78 is 24.5. The van der Waals surface area contributed by atoms with Crippen LogP contribution in [0.4, 0.5) is 0 Å². The van der Waals surface area contributed by atoms with Crippen LogP contribution in [-0.2, 0) is 22.8 Å². The van der Waals surface area contributed by atoms with Crippen molar-refractivity contribution in [3.05, 3.63) is 0 Å². The normalized spacial score (nSPS) is 27.2. The quantitative estimate of drug-likeness (QED) is 0.464. The van der Waals surface area contributed by atoms with Crippen LogP contribution in [0.2, 0.25) is 58.9 Å². The lowest BCUT2D eigenvalue weighted by Crippen LogP contribution is -2.50. The second-order valence-electron chi connectivity index (χ2n) is 9.58. The third kappa shape index (κ3) is 7.49. The van der Waals surface area contributed by atoms with Crippen molar-refractivity contribution in [1.82, 2.24) is 0 Å². The van der Waals surface area contributed by atoms with E-state index in [2.05, 4.69) is 58.9 Å². The SMILES string of the molecule is C[C@H]1C(=O)O[C@H]([C@@H](CO[Si](C)(C)C)O[Si](C)(C)C)C1O[Si](C)(C)C. The van der Waals surface area contributed by atoms with Crippen molar-refractivity contribution in [2.75, 3.05) is 6.61 Å². The molecule has 142 valence electrons. The van der Waals surface area contributed by atoms with E-state index in [-0.39, 0.29) is 30.2 Å². The summed E-state index contributed by atoms with van der Waals surface area (Å²) in [6.07, 6.45) is -0.906. The lowest BCUT2D eigenvalue weighted by Gasteiger charge is -2.36. The summed E-state index contributed by atoms with van der Waals surface area (Å²) in [5, 5.41) is 0.